The number of rotatable bonds is 2. The summed E-state index contributed by atoms with van der Waals surface area (Å²) in [5.41, 5.74) is 2.11. The molecule has 0 N–H and O–H groups in total. The number of pyridine rings is 2. The van der Waals surface area contributed by atoms with Gasteiger partial charge in [-0.2, -0.15) is 9.65 Å². The molecule has 0 saturated carbocycles. The molecule has 2 rings (SSSR count). The summed E-state index contributed by atoms with van der Waals surface area (Å²) in [6, 6.07) is 6.86. The van der Waals surface area contributed by atoms with Crippen molar-refractivity contribution in [2.45, 2.75) is 11.8 Å². The molecule has 0 radical (unpaired) electrons. The lowest BCUT2D eigenvalue weighted by atomic mass is 10.2. The molecule has 0 bridgehead atoms. The first kappa shape index (κ1) is 11.6. The summed E-state index contributed by atoms with van der Waals surface area (Å²) >= 11 is 0.756. The third-order valence-corrected chi connectivity index (χ3v) is 2.76. The van der Waals surface area contributed by atoms with Gasteiger partial charge in [0.2, 0.25) is 5.95 Å². The molecule has 17 heavy (non-hydrogen) atoms. The van der Waals surface area contributed by atoms with Crippen molar-refractivity contribution in [1.29, 1.82) is 5.26 Å². The van der Waals surface area contributed by atoms with Gasteiger partial charge in [-0.3, -0.25) is 4.98 Å². The van der Waals surface area contributed by atoms with Crippen LogP contribution in [0.3, 0.4) is 0 Å². The molecule has 0 saturated heterocycles. The van der Waals surface area contributed by atoms with Gasteiger partial charge in [-0.15, -0.1) is 0 Å². The third-order valence-electron chi connectivity index (χ3n) is 2.14. The Balaban J connectivity index is 2.38. The van der Waals surface area contributed by atoms with Crippen molar-refractivity contribution >= 4 is 11.8 Å². The SMILES string of the molecule is Cc1ccc(-c2ccc(SC#N)c(F)n2)nc1. The molecule has 0 amide bonds. The molecule has 0 aliphatic carbocycles. The maximum absolute atomic E-state index is 13.5. The van der Waals surface area contributed by atoms with Gasteiger partial charge < -0.3 is 0 Å². The van der Waals surface area contributed by atoms with Crippen molar-refractivity contribution in [3.63, 3.8) is 0 Å². The third kappa shape index (κ3) is 2.60. The quantitative estimate of drug-likeness (QED) is 0.463. The monoisotopic (exact) mass is 245 g/mol. The van der Waals surface area contributed by atoms with Crippen LogP contribution in [0.1, 0.15) is 5.56 Å². The summed E-state index contributed by atoms with van der Waals surface area (Å²) in [7, 11) is 0. The highest BCUT2D eigenvalue weighted by Crippen LogP contribution is 2.22. The summed E-state index contributed by atoms with van der Waals surface area (Å²) in [5.74, 6) is -0.642. The molecular weight excluding hydrogens is 237 g/mol. The van der Waals surface area contributed by atoms with Crippen LogP contribution in [-0.4, -0.2) is 9.97 Å². The highest BCUT2D eigenvalue weighted by molar-refractivity contribution is 8.03. The lowest BCUT2D eigenvalue weighted by molar-refractivity contribution is 0.559. The molecular formula is C12H8FN3S. The van der Waals surface area contributed by atoms with Crippen molar-refractivity contribution in [2.24, 2.45) is 0 Å². The Bertz CT molecular complexity index is 575. The minimum atomic E-state index is -0.642. The predicted molar refractivity (Wildman–Crippen MR) is 63.6 cm³/mol. The van der Waals surface area contributed by atoms with Gasteiger partial charge in [0, 0.05) is 6.20 Å². The zero-order valence-corrected chi connectivity index (χ0v) is 9.83. The zero-order valence-electron chi connectivity index (χ0n) is 9.01. The average Bonchev–Trinajstić information content (AvgIpc) is 2.33. The molecule has 2 aromatic heterocycles. The molecule has 2 aromatic rings. The maximum Gasteiger partial charge on any atom is 0.228 e. The van der Waals surface area contributed by atoms with Crippen LogP contribution in [-0.2, 0) is 0 Å². The van der Waals surface area contributed by atoms with Gasteiger partial charge in [0.25, 0.3) is 0 Å². The van der Waals surface area contributed by atoms with Crippen LogP contribution in [0.4, 0.5) is 4.39 Å². The molecule has 3 nitrogen and oxygen atoms in total. The van der Waals surface area contributed by atoms with E-state index in [0.717, 1.165) is 17.3 Å². The van der Waals surface area contributed by atoms with Crippen LogP contribution in [0.15, 0.2) is 35.4 Å². The van der Waals surface area contributed by atoms with Crippen LogP contribution < -0.4 is 0 Å². The van der Waals surface area contributed by atoms with Crippen molar-refractivity contribution < 1.29 is 4.39 Å². The van der Waals surface area contributed by atoms with Crippen molar-refractivity contribution in [3.8, 4) is 16.8 Å². The highest BCUT2D eigenvalue weighted by atomic mass is 32.2. The summed E-state index contributed by atoms with van der Waals surface area (Å²) in [6.07, 6.45) is 1.70. The fourth-order valence-electron chi connectivity index (χ4n) is 1.31. The maximum atomic E-state index is 13.5. The molecule has 0 unspecified atom stereocenters. The number of halogens is 1. The van der Waals surface area contributed by atoms with E-state index in [1.165, 1.54) is 6.07 Å². The minimum absolute atomic E-state index is 0.225. The fourth-order valence-corrected chi connectivity index (χ4v) is 1.67. The molecule has 0 fully saturated rings. The highest BCUT2D eigenvalue weighted by Gasteiger charge is 2.07. The second-order valence-corrected chi connectivity index (χ2v) is 4.23. The molecule has 0 aromatic carbocycles. The van der Waals surface area contributed by atoms with Crippen LogP contribution in [0.5, 0.6) is 0 Å². The Labute approximate surface area is 102 Å². The Morgan fingerprint density at radius 2 is 2.00 bits per heavy atom. The summed E-state index contributed by atoms with van der Waals surface area (Å²) in [4.78, 5) is 8.18. The second kappa shape index (κ2) is 4.93. The van der Waals surface area contributed by atoms with E-state index in [4.69, 9.17) is 5.26 Å². The Kier molecular flexibility index (Phi) is 3.35. The van der Waals surface area contributed by atoms with Crippen LogP contribution in [0.25, 0.3) is 11.4 Å². The van der Waals surface area contributed by atoms with Crippen molar-refractivity contribution in [3.05, 3.63) is 42.0 Å². The smallest absolute Gasteiger partial charge is 0.228 e. The van der Waals surface area contributed by atoms with Crippen LogP contribution in [0, 0.1) is 23.5 Å². The largest absolute Gasteiger partial charge is 0.254 e. The van der Waals surface area contributed by atoms with E-state index in [2.05, 4.69) is 9.97 Å². The number of nitriles is 1. The molecule has 0 aliphatic heterocycles. The standard InChI is InChI=1S/C12H8FN3S/c1-8-2-3-9(15-6-8)10-4-5-11(17-7-14)12(13)16-10/h2-6H,1H3. The predicted octanol–water partition coefficient (Wildman–Crippen LogP) is 3.16. The fraction of sp³-hybridized carbons (Fsp3) is 0.0833. The number of aromatic nitrogens is 2. The molecule has 5 heteroatoms. The molecule has 84 valence electrons. The van der Waals surface area contributed by atoms with Gasteiger partial charge in [-0.25, -0.2) is 4.98 Å². The van der Waals surface area contributed by atoms with Gasteiger partial charge in [0.05, 0.1) is 16.3 Å². The van der Waals surface area contributed by atoms with Gasteiger partial charge in [-0.1, -0.05) is 6.07 Å². The van der Waals surface area contributed by atoms with E-state index in [0.29, 0.717) is 11.4 Å². The van der Waals surface area contributed by atoms with E-state index < -0.39 is 5.95 Å². The van der Waals surface area contributed by atoms with E-state index in [1.54, 1.807) is 18.3 Å². The Hall–Kier alpha value is -1.93. The average molecular weight is 245 g/mol. The zero-order chi connectivity index (χ0) is 12.3. The first-order valence-electron chi connectivity index (χ1n) is 4.86. The van der Waals surface area contributed by atoms with Crippen LogP contribution >= 0.6 is 11.8 Å². The first-order valence-corrected chi connectivity index (χ1v) is 5.68. The number of hydrogen-bond acceptors (Lipinski definition) is 4. The Morgan fingerprint density at radius 3 is 2.59 bits per heavy atom. The van der Waals surface area contributed by atoms with Crippen molar-refractivity contribution in [2.75, 3.05) is 0 Å². The van der Waals surface area contributed by atoms with E-state index in [9.17, 15) is 4.39 Å². The van der Waals surface area contributed by atoms with Gasteiger partial charge in [-0.05, 0) is 42.4 Å². The molecule has 2 heterocycles. The number of aryl methyl sites for hydroxylation is 1. The van der Waals surface area contributed by atoms with Gasteiger partial charge in [0.15, 0.2) is 0 Å². The van der Waals surface area contributed by atoms with Gasteiger partial charge in [0.1, 0.15) is 5.40 Å². The summed E-state index contributed by atoms with van der Waals surface area (Å²) in [6.45, 7) is 1.93. The van der Waals surface area contributed by atoms with E-state index >= 15 is 0 Å². The van der Waals surface area contributed by atoms with E-state index in [1.807, 2.05) is 18.4 Å². The van der Waals surface area contributed by atoms with Crippen molar-refractivity contribution in [1.82, 2.24) is 9.97 Å². The van der Waals surface area contributed by atoms with Gasteiger partial charge >= 0.3 is 0 Å². The normalized spacial score (nSPS) is 9.94. The first-order chi connectivity index (χ1) is 8.20. The van der Waals surface area contributed by atoms with E-state index in [-0.39, 0.29) is 4.90 Å². The minimum Gasteiger partial charge on any atom is -0.254 e. The number of thioether (sulfide) groups is 1. The summed E-state index contributed by atoms with van der Waals surface area (Å²) in [5, 5.41) is 10.3. The molecule has 0 spiro atoms. The number of nitrogens with zero attached hydrogens (tertiary/aromatic N) is 3. The number of thiocyanates is 1. The number of hydrogen-bond donors (Lipinski definition) is 0. The molecule has 0 aliphatic rings. The Morgan fingerprint density at radius 1 is 1.24 bits per heavy atom. The lowest BCUT2D eigenvalue weighted by Crippen LogP contribution is -1.92. The molecule has 0 atom stereocenters. The summed E-state index contributed by atoms with van der Waals surface area (Å²) < 4.78 is 13.5. The lowest BCUT2D eigenvalue weighted by Gasteiger charge is -2.02. The second-order valence-electron chi connectivity index (χ2n) is 3.40. The topological polar surface area (TPSA) is 49.6 Å². The van der Waals surface area contributed by atoms with Crippen LogP contribution in [0.2, 0.25) is 0 Å².